The number of ether oxygens (including phenoxy) is 1. The van der Waals surface area contributed by atoms with Gasteiger partial charge in [-0.2, -0.15) is 18.3 Å². The smallest absolute Gasteiger partial charge is 0.768 e. The molecule has 3 aromatic rings. The van der Waals surface area contributed by atoms with Crippen molar-refractivity contribution in [2.24, 2.45) is 0 Å². The predicted molar refractivity (Wildman–Crippen MR) is 87.7 cm³/mol. The van der Waals surface area contributed by atoms with Gasteiger partial charge < -0.3 is 9.29 Å². The van der Waals surface area contributed by atoms with E-state index in [0.29, 0.717) is 17.0 Å². The Morgan fingerprint density at radius 3 is 2.33 bits per heavy atom. The average molecular weight is 404 g/mol. The van der Waals surface area contributed by atoms with Crippen LogP contribution in [-0.4, -0.2) is 25.7 Å². The number of benzene rings is 2. The molecule has 3 rings (SSSR count). The van der Waals surface area contributed by atoms with Crippen LogP contribution >= 0.6 is 0 Å². The Morgan fingerprint density at radius 1 is 1.11 bits per heavy atom. The maximum Gasteiger partial charge on any atom is 1.00 e. The van der Waals surface area contributed by atoms with Crippen molar-refractivity contribution in [1.29, 1.82) is 0 Å². The number of aromatic nitrogens is 2. The number of halogens is 3. The van der Waals surface area contributed by atoms with Crippen LogP contribution in [-0.2, 0) is 17.3 Å². The van der Waals surface area contributed by atoms with E-state index in [2.05, 4.69) is 5.10 Å². The second kappa shape index (κ2) is 8.57. The van der Waals surface area contributed by atoms with Gasteiger partial charge in [-0.25, -0.2) is 4.68 Å². The fourth-order valence-electron chi connectivity index (χ4n) is 2.40. The maximum absolute atomic E-state index is 13.1. The number of alkyl halides is 3. The first-order valence-electron chi connectivity index (χ1n) is 7.31. The van der Waals surface area contributed by atoms with Gasteiger partial charge in [0.25, 0.3) is 0 Å². The molecule has 10 heteroatoms. The molecule has 0 aliphatic heterocycles. The summed E-state index contributed by atoms with van der Waals surface area (Å²) in [6.45, 7) is 0. The van der Waals surface area contributed by atoms with E-state index in [4.69, 9.17) is 4.74 Å². The van der Waals surface area contributed by atoms with Gasteiger partial charge in [-0.15, -0.1) is 0 Å². The van der Waals surface area contributed by atoms with E-state index in [1.807, 2.05) is 0 Å². The minimum Gasteiger partial charge on any atom is -0.768 e. The molecule has 0 aliphatic carbocycles. The van der Waals surface area contributed by atoms with Gasteiger partial charge in [-0.05, 0) is 41.4 Å². The monoisotopic (exact) mass is 404 g/mol. The van der Waals surface area contributed by atoms with Crippen LogP contribution in [0.1, 0.15) is 5.69 Å². The topological polar surface area (TPSA) is 67.2 Å². The molecule has 1 aromatic heterocycles. The molecule has 1 atom stereocenters. The minimum absolute atomic E-state index is 0. The molecule has 0 radical (unpaired) electrons. The summed E-state index contributed by atoms with van der Waals surface area (Å²) < 4.78 is 67.6. The average Bonchev–Trinajstić information content (AvgIpc) is 3.07. The Balaban J connectivity index is 0.00000261. The van der Waals surface area contributed by atoms with Gasteiger partial charge in [0.2, 0.25) is 0 Å². The summed E-state index contributed by atoms with van der Waals surface area (Å²) >= 11 is -2.42. The van der Waals surface area contributed by atoms with E-state index < -0.39 is 23.0 Å². The van der Waals surface area contributed by atoms with E-state index in [1.165, 1.54) is 31.4 Å². The van der Waals surface area contributed by atoms with Gasteiger partial charge >= 0.3 is 35.7 Å². The SMILES string of the molecule is COc1cccc(-n2nc(C(F)(F)F)cc2-c2ccc(S(=O)[O-])cc2)c1.[Na+]. The summed E-state index contributed by atoms with van der Waals surface area (Å²) in [5.41, 5.74) is -0.100. The van der Waals surface area contributed by atoms with Crippen LogP contribution in [0.25, 0.3) is 16.9 Å². The standard InChI is InChI=1S/C17H13F3N2O3S.Na/c1-25-13-4-2-3-12(9-13)22-15(10-16(21-22)17(18,19)20)11-5-7-14(8-6-11)26(23)24;/h2-10H,1H3,(H,23,24);/q;+1/p-1. The molecule has 1 heterocycles. The second-order valence-corrected chi connectivity index (χ2v) is 6.23. The third-order valence-electron chi connectivity index (χ3n) is 3.64. The van der Waals surface area contributed by atoms with Crippen LogP contribution in [0, 0.1) is 0 Å². The molecule has 0 aliphatic rings. The molecule has 2 aromatic carbocycles. The van der Waals surface area contributed by atoms with Crippen molar-refractivity contribution in [3.8, 4) is 22.7 Å². The van der Waals surface area contributed by atoms with E-state index in [1.54, 1.807) is 24.3 Å². The third-order valence-corrected chi connectivity index (χ3v) is 4.30. The van der Waals surface area contributed by atoms with Crippen LogP contribution in [0.5, 0.6) is 5.75 Å². The zero-order valence-corrected chi connectivity index (χ0v) is 17.2. The van der Waals surface area contributed by atoms with Crippen molar-refractivity contribution < 1.29 is 56.2 Å². The summed E-state index contributed by atoms with van der Waals surface area (Å²) in [7, 11) is 1.45. The molecule has 27 heavy (non-hydrogen) atoms. The summed E-state index contributed by atoms with van der Waals surface area (Å²) in [4.78, 5) is 0.0391. The number of methoxy groups -OCH3 is 1. The second-order valence-electron chi connectivity index (χ2n) is 5.28. The minimum atomic E-state index is -4.62. The summed E-state index contributed by atoms with van der Waals surface area (Å²) in [5, 5.41) is 3.68. The number of nitrogens with zero attached hydrogens (tertiary/aromatic N) is 2. The van der Waals surface area contributed by atoms with E-state index in [9.17, 15) is 21.9 Å². The van der Waals surface area contributed by atoms with Crippen molar-refractivity contribution in [2.45, 2.75) is 11.1 Å². The van der Waals surface area contributed by atoms with Crippen LogP contribution in [0.4, 0.5) is 13.2 Å². The quantitative estimate of drug-likeness (QED) is 0.477. The Labute approximate surface area is 177 Å². The van der Waals surface area contributed by atoms with Crippen molar-refractivity contribution in [2.75, 3.05) is 7.11 Å². The number of rotatable bonds is 4. The maximum atomic E-state index is 13.1. The zero-order valence-electron chi connectivity index (χ0n) is 14.4. The molecule has 5 nitrogen and oxygen atoms in total. The molecular formula is C17H12F3N2NaO3S. The van der Waals surface area contributed by atoms with Crippen molar-refractivity contribution >= 4 is 11.1 Å². The predicted octanol–water partition coefficient (Wildman–Crippen LogP) is 0.809. The van der Waals surface area contributed by atoms with E-state index in [0.717, 1.165) is 10.7 Å². The Bertz CT molecular complexity index is 959. The summed E-state index contributed by atoms with van der Waals surface area (Å²) in [6, 6.07) is 12.9. The Hall–Kier alpha value is -1.65. The molecule has 136 valence electrons. The molecule has 0 saturated heterocycles. The fourth-order valence-corrected chi connectivity index (χ4v) is 2.76. The fraction of sp³-hybridized carbons (Fsp3) is 0.118. The van der Waals surface area contributed by atoms with Crippen LogP contribution in [0.3, 0.4) is 0 Å². The van der Waals surface area contributed by atoms with Crippen molar-refractivity contribution in [3.05, 3.63) is 60.3 Å². The van der Waals surface area contributed by atoms with Gasteiger partial charge in [0.15, 0.2) is 5.69 Å². The Kier molecular flexibility index (Phi) is 6.87. The van der Waals surface area contributed by atoms with Gasteiger partial charge in [0, 0.05) is 16.5 Å². The van der Waals surface area contributed by atoms with Crippen molar-refractivity contribution in [1.82, 2.24) is 9.78 Å². The first-order chi connectivity index (χ1) is 12.3. The molecular weight excluding hydrogens is 392 g/mol. The van der Waals surface area contributed by atoms with Crippen LogP contribution in [0.2, 0.25) is 0 Å². The molecule has 0 bridgehead atoms. The van der Waals surface area contributed by atoms with Gasteiger partial charge in [-0.1, -0.05) is 18.2 Å². The van der Waals surface area contributed by atoms with Gasteiger partial charge in [0.1, 0.15) is 5.75 Å². The first kappa shape index (κ1) is 21.6. The molecule has 0 spiro atoms. The number of hydrogen-bond donors (Lipinski definition) is 0. The molecule has 0 fully saturated rings. The largest absolute Gasteiger partial charge is 1.00 e. The number of hydrogen-bond acceptors (Lipinski definition) is 4. The van der Waals surface area contributed by atoms with Gasteiger partial charge in [0.05, 0.1) is 18.5 Å². The van der Waals surface area contributed by atoms with Gasteiger partial charge in [-0.3, -0.25) is 4.21 Å². The van der Waals surface area contributed by atoms with E-state index in [-0.39, 0.29) is 40.1 Å². The summed E-state index contributed by atoms with van der Waals surface area (Å²) in [5.74, 6) is 0.467. The van der Waals surface area contributed by atoms with E-state index >= 15 is 0 Å². The molecule has 0 saturated carbocycles. The zero-order chi connectivity index (χ0) is 18.9. The normalized spacial score (nSPS) is 12.3. The molecule has 0 amide bonds. The first-order valence-corrected chi connectivity index (χ1v) is 8.38. The summed E-state index contributed by atoms with van der Waals surface area (Å²) in [6.07, 6.45) is -4.62. The Morgan fingerprint density at radius 2 is 1.78 bits per heavy atom. The van der Waals surface area contributed by atoms with Crippen molar-refractivity contribution in [3.63, 3.8) is 0 Å². The van der Waals surface area contributed by atoms with Crippen LogP contribution in [0.15, 0.2) is 59.5 Å². The third kappa shape index (κ3) is 4.80. The molecule has 0 N–H and O–H groups in total. The van der Waals surface area contributed by atoms with Crippen LogP contribution < -0.4 is 34.3 Å². The molecule has 1 unspecified atom stereocenters.